The van der Waals surface area contributed by atoms with Gasteiger partial charge in [0.2, 0.25) is 0 Å². The van der Waals surface area contributed by atoms with E-state index in [9.17, 15) is 19.0 Å². The second-order valence-corrected chi connectivity index (χ2v) is 15.9. The second-order valence-electron chi connectivity index (χ2n) is 14.5. The van der Waals surface area contributed by atoms with E-state index in [4.69, 9.17) is 29.4 Å². The zero-order chi connectivity index (χ0) is 37.7. The Morgan fingerprint density at radius 3 is 1.29 bits per heavy atom. The topological polar surface area (TPSA) is 155 Å². The molecule has 0 radical (unpaired) electrons. The third-order valence-corrected chi connectivity index (χ3v) is 10.3. The number of nitrogens with two attached hydrogens (primary N) is 1. The minimum atomic E-state index is -4.60. The van der Waals surface area contributed by atoms with Crippen molar-refractivity contribution in [3.8, 4) is 0 Å². The summed E-state index contributed by atoms with van der Waals surface area (Å²) >= 11 is 0. The third-order valence-electron chi connectivity index (χ3n) is 9.39. The van der Waals surface area contributed by atoms with Crippen LogP contribution in [0.4, 0.5) is 0 Å². The number of carbonyl (C=O) groups is 2. The predicted molar refractivity (Wildman–Crippen MR) is 208 cm³/mol. The van der Waals surface area contributed by atoms with Crippen LogP contribution in [0.15, 0.2) is 0 Å². The van der Waals surface area contributed by atoms with Crippen LogP contribution in [-0.4, -0.2) is 60.5 Å². The van der Waals surface area contributed by atoms with Crippen LogP contribution in [0.2, 0.25) is 0 Å². The largest absolute Gasteiger partial charge is 0.480 e. The fourth-order valence-corrected chi connectivity index (χ4v) is 6.85. The normalized spacial score (nSPS) is 14.0. The van der Waals surface area contributed by atoms with Gasteiger partial charge in [0.1, 0.15) is 12.1 Å². The lowest BCUT2D eigenvalue weighted by Gasteiger charge is -2.20. The highest BCUT2D eigenvalue weighted by Gasteiger charge is 2.27. The van der Waals surface area contributed by atoms with Crippen LogP contribution in [-0.2, 0) is 32.7 Å². The van der Waals surface area contributed by atoms with Crippen molar-refractivity contribution in [2.24, 2.45) is 5.73 Å². The molecule has 0 aromatic heterocycles. The fourth-order valence-electron chi connectivity index (χ4n) is 6.08. The van der Waals surface area contributed by atoms with Gasteiger partial charge in [-0.25, -0.2) is 4.57 Å². The molecule has 0 bridgehead atoms. The van der Waals surface area contributed by atoms with Crippen LogP contribution < -0.4 is 5.73 Å². The van der Waals surface area contributed by atoms with Crippen LogP contribution in [0.3, 0.4) is 0 Å². The van der Waals surface area contributed by atoms with Gasteiger partial charge in [-0.3, -0.25) is 18.6 Å². The number of aliphatic carboxylic acids is 1. The molecule has 11 heteroatoms. The third kappa shape index (κ3) is 37.1. The summed E-state index contributed by atoms with van der Waals surface area (Å²) in [6.45, 7) is 3.90. The molecule has 0 aliphatic carbocycles. The molecule has 51 heavy (non-hydrogen) atoms. The Kier molecular flexibility index (Phi) is 36.5. The Bertz CT molecular complexity index is 832. The molecule has 10 nitrogen and oxygen atoms in total. The lowest BCUT2D eigenvalue weighted by molar-refractivity contribution is -0.154. The minimum absolute atomic E-state index is 0.0253. The van der Waals surface area contributed by atoms with E-state index in [1.54, 1.807) is 0 Å². The Hall–Kier alpha value is -1.03. The van der Waals surface area contributed by atoms with Gasteiger partial charge < -0.3 is 25.2 Å². The average molecular weight is 750 g/mol. The number of hydrogen-bond acceptors (Lipinski definition) is 8. The van der Waals surface area contributed by atoms with Gasteiger partial charge in [0.15, 0.2) is 0 Å². The summed E-state index contributed by atoms with van der Waals surface area (Å²) < 4.78 is 33.3. The monoisotopic (exact) mass is 750 g/mol. The van der Waals surface area contributed by atoms with Crippen molar-refractivity contribution >= 4 is 19.8 Å². The fraction of sp³-hybridized carbons (Fsp3) is 0.950. The number of esters is 1. The summed E-state index contributed by atoms with van der Waals surface area (Å²) in [4.78, 5) is 33.4. The summed E-state index contributed by atoms with van der Waals surface area (Å²) in [7, 11) is -4.60. The Balaban J connectivity index is 4.12. The molecule has 3 unspecified atom stereocenters. The zero-order valence-electron chi connectivity index (χ0n) is 33.0. The first-order valence-electron chi connectivity index (χ1n) is 21.1. The SMILES string of the molecule is CCCCCCCCCCCCCCCCCCCCCOCC(COP(=O)(O)OCC(N)C(=O)O)OC(=O)CCCCCCCCCCCC. The summed E-state index contributed by atoms with van der Waals surface area (Å²) in [6.07, 6.45) is 35.9. The molecule has 4 N–H and O–H groups in total. The van der Waals surface area contributed by atoms with Crippen molar-refractivity contribution in [2.45, 2.75) is 219 Å². The number of carboxylic acids is 1. The molecule has 3 atom stereocenters. The van der Waals surface area contributed by atoms with Crippen LogP contribution in [0.25, 0.3) is 0 Å². The maximum atomic E-state index is 12.5. The van der Waals surface area contributed by atoms with Gasteiger partial charge in [0, 0.05) is 13.0 Å². The van der Waals surface area contributed by atoms with E-state index in [0.29, 0.717) is 6.61 Å². The molecule has 0 rings (SSSR count). The molecule has 0 aromatic rings. The molecular weight excluding hydrogens is 669 g/mol. The van der Waals surface area contributed by atoms with E-state index < -0.39 is 45.1 Å². The van der Waals surface area contributed by atoms with E-state index in [1.165, 1.54) is 148 Å². The molecule has 0 saturated carbocycles. The van der Waals surface area contributed by atoms with Crippen molar-refractivity contribution in [1.29, 1.82) is 0 Å². The highest BCUT2D eigenvalue weighted by molar-refractivity contribution is 7.47. The van der Waals surface area contributed by atoms with Gasteiger partial charge >= 0.3 is 19.8 Å². The second kappa shape index (κ2) is 37.3. The maximum absolute atomic E-state index is 12.5. The van der Waals surface area contributed by atoms with E-state index in [2.05, 4.69) is 13.8 Å². The lowest BCUT2D eigenvalue weighted by Crippen LogP contribution is -2.34. The van der Waals surface area contributed by atoms with Crippen LogP contribution in [0, 0.1) is 0 Å². The van der Waals surface area contributed by atoms with Crippen molar-refractivity contribution in [2.75, 3.05) is 26.4 Å². The highest BCUT2D eigenvalue weighted by atomic mass is 31.2. The molecule has 0 aliphatic heterocycles. The van der Waals surface area contributed by atoms with Crippen molar-refractivity contribution in [3.05, 3.63) is 0 Å². The number of phosphoric ester groups is 1. The smallest absolute Gasteiger partial charge is 0.472 e. The van der Waals surface area contributed by atoms with Crippen molar-refractivity contribution in [1.82, 2.24) is 0 Å². The zero-order valence-corrected chi connectivity index (χ0v) is 33.9. The van der Waals surface area contributed by atoms with Gasteiger partial charge in [0.25, 0.3) is 0 Å². The van der Waals surface area contributed by atoms with Crippen LogP contribution in [0.5, 0.6) is 0 Å². The number of ether oxygens (including phenoxy) is 2. The average Bonchev–Trinajstić information content (AvgIpc) is 3.10. The molecule has 0 saturated heterocycles. The Morgan fingerprint density at radius 1 is 0.549 bits per heavy atom. The minimum Gasteiger partial charge on any atom is -0.480 e. The first-order chi connectivity index (χ1) is 24.7. The van der Waals surface area contributed by atoms with Crippen molar-refractivity contribution in [3.63, 3.8) is 0 Å². The molecule has 0 amide bonds. The summed E-state index contributed by atoms with van der Waals surface area (Å²) in [6, 6.07) is -1.47. The first-order valence-corrected chi connectivity index (χ1v) is 22.6. The van der Waals surface area contributed by atoms with Gasteiger partial charge in [-0.05, 0) is 12.8 Å². The number of unbranched alkanes of at least 4 members (excludes halogenated alkanes) is 27. The van der Waals surface area contributed by atoms with E-state index in [-0.39, 0.29) is 13.0 Å². The summed E-state index contributed by atoms with van der Waals surface area (Å²) in [5, 5.41) is 8.87. The molecule has 0 aliphatic rings. The number of rotatable bonds is 41. The van der Waals surface area contributed by atoms with E-state index in [1.807, 2.05) is 0 Å². The van der Waals surface area contributed by atoms with Gasteiger partial charge in [-0.15, -0.1) is 0 Å². The molecule has 0 aromatic carbocycles. The molecule has 0 heterocycles. The lowest BCUT2D eigenvalue weighted by atomic mass is 10.0. The number of phosphoric acid groups is 1. The molecule has 0 spiro atoms. The maximum Gasteiger partial charge on any atom is 0.472 e. The molecular formula is C40H80NO9P. The molecule has 0 fully saturated rings. The standard InChI is InChI=1S/C40H80NO9P/c1-3-5-7-9-11-13-15-16-17-18-19-20-21-22-23-25-27-29-31-33-47-34-37(35-48-51(45,46)49-36-38(41)40(43)44)50-39(42)32-30-28-26-24-14-12-10-8-6-4-2/h37-38H,3-36,41H2,1-2H3,(H,43,44)(H,45,46). The van der Waals surface area contributed by atoms with E-state index >= 15 is 0 Å². The number of carbonyl (C=O) groups excluding carboxylic acids is 1. The Morgan fingerprint density at radius 2 is 0.902 bits per heavy atom. The van der Waals surface area contributed by atoms with Crippen LogP contribution in [0.1, 0.15) is 206 Å². The highest BCUT2D eigenvalue weighted by Crippen LogP contribution is 2.43. The number of carboxylic acid groups (broad SMARTS) is 1. The Labute approximate surface area is 312 Å². The molecule has 304 valence electrons. The summed E-state index contributed by atoms with van der Waals surface area (Å²) in [5.41, 5.74) is 5.34. The van der Waals surface area contributed by atoms with Crippen LogP contribution >= 0.6 is 7.82 Å². The van der Waals surface area contributed by atoms with Gasteiger partial charge in [0.05, 0.1) is 19.8 Å². The van der Waals surface area contributed by atoms with E-state index in [0.717, 1.165) is 38.5 Å². The van der Waals surface area contributed by atoms with Gasteiger partial charge in [-0.2, -0.15) is 0 Å². The quantitative estimate of drug-likeness (QED) is 0.0312. The number of hydrogen-bond donors (Lipinski definition) is 3. The first kappa shape index (κ1) is 50.0. The van der Waals surface area contributed by atoms with Gasteiger partial charge in [-0.1, -0.05) is 187 Å². The predicted octanol–water partition coefficient (Wildman–Crippen LogP) is 11.2. The summed E-state index contributed by atoms with van der Waals surface area (Å²) in [5.74, 6) is -1.77. The van der Waals surface area contributed by atoms with Crippen molar-refractivity contribution < 1.29 is 42.7 Å².